The maximum absolute atomic E-state index is 12.8. The van der Waals surface area contributed by atoms with Crippen molar-refractivity contribution in [2.45, 2.75) is 26.3 Å². The van der Waals surface area contributed by atoms with Crippen LogP contribution < -0.4 is 10.1 Å². The van der Waals surface area contributed by atoms with Crippen LogP contribution >= 0.6 is 0 Å². The highest BCUT2D eigenvalue weighted by Crippen LogP contribution is 2.32. The first kappa shape index (κ1) is 24.7. The first-order valence-electron chi connectivity index (χ1n) is 11.0. The van der Waals surface area contributed by atoms with Crippen molar-refractivity contribution in [1.82, 2.24) is 4.98 Å². The van der Waals surface area contributed by atoms with Gasteiger partial charge in [0.05, 0.1) is 16.2 Å². The lowest BCUT2D eigenvalue weighted by atomic mass is 10.0. The van der Waals surface area contributed by atoms with Crippen LogP contribution in [0.3, 0.4) is 0 Å². The fourth-order valence-electron chi connectivity index (χ4n) is 3.51. The Morgan fingerprint density at radius 1 is 0.944 bits per heavy atom. The summed E-state index contributed by atoms with van der Waals surface area (Å²) in [4.78, 5) is 15.3. The van der Waals surface area contributed by atoms with Crippen molar-refractivity contribution in [3.8, 4) is 16.9 Å². The second-order valence-electron chi connectivity index (χ2n) is 8.18. The molecule has 0 radical (unpaired) electrons. The van der Waals surface area contributed by atoms with Crippen LogP contribution in [0.5, 0.6) is 5.75 Å². The Hall–Kier alpha value is -4.40. The summed E-state index contributed by atoms with van der Waals surface area (Å²) in [6.07, 6.45) is -2.64. The van der Waals surface area contributed by atoms with Crippen molar-refractivity contribution in [2.75, 3.05) is 5.32 Å². The second-order valence-corrected chi connectivity index (χ2v) is 8.18. The molecular weight excluding hydrogens is 471 g/mol. The average Bonchev–Trinajstić information content (AvgIpc) is 2.87. The molecule has 3 aromatic carbocycles. The number of alkyl halides is 3. The summed E-state index contributed by atoms with van der Waals surface area (Å²) in [5.41, 5.74) is 3.56. The Balaban J connectivity index is 1.43. The number of nitrogens with one attached hydrogen (secondary N) is 1. The van der Waals surface area contributed by atoms with Crippen LogP contribution in [0.1, 0.15) is 22.4 Å². The van der Waals surface area contributed by atoms with Crippen molar-refractivity contribution >= 4 is 11.4 Å². The molecule has 0 aliphatic carbocycles. The molecule has 0 saturated carbocycles. The zero-order valence-corrected chi connectivity index (χ0v) is 19.3. The molecule has 1 N–H and O–H groups in total. The predicted octanol–water partition coefficient (Wildman–Crippen LogP) is 7.18. The van der Waals surface area contributed by atoms with Gasteiger partial charge in [0.1, 0.15) is 18.0 Å². The Labute approximate surface area is 205 Å². The quantitative estimate of drug-likeness (QED) is 0.208. The molecule has 0 aliphatic heterocycles. The average molecular weight is 493 g/mol. The molecule has 0 amide bonds. The highest BCUT2D eigenvalue weighted by atomic mass is 19.4. The minimum Gasteiger partial charge on any atom is -0.487 e. The lowest BCUT2D eigenvalue weighted by Gasteiger charge is -2.11. The topological polar surface area (TPSA) is 77.3 Å². The van der Waals surface area contributed by atoms with Crippen LogP contribution in [0.2, 0.25) is 0 Å². The van der Waals surface area contributed by atoms with Crippen LogP contribution in [-0.4, -0.2) is 9.91 Å². The van der Waals surface area contributed by atoms with E-state index in [2.05, 4.69) is 10.3 Å². The zero-order chi connectivity index (χ0) is 25.7. The van der Waals surface area contributed by atoms with Crippen LogP contribution in [0.25, 0.3) is 11.1 Å². The summed E-state index contributed by atoms with van der Waals surface area (Å²) in [5, 5.41) is 14.6. The summed E-state index contributed by atoms with van der Waals surface area (Å²) >= 11 is 0. The number of nitro groups is 1. The smallest absolute Gasteiger partial charge is 0.416 e. The number of ether oxygens (including phenoxy) is 1. The van der Waals surface area contributed by atoms with Gasteiger partial charge in [-0.15, -0.1) is 0 Å². The molecule has 0 saturated heterocycles. The van der Waals surface area contributed by atoms with Crippen molar-refractivity contribution < 1.29 is 22.8 Å². The number of halogens is 3. The molecule has 1 heterocycles. The van der Waals surface area contributed by atoms with Gasteiger partial charge in [0, 0.05) is 24.9 Å². The number of rotatable bonds is 8. The second kappa shape index (κ2) is 10.5. The van der Waals surface area contributed by atoms with Crippen molar-refractivity contribution in [1.29, 1.82) is 0 Å². The van der Waals surface area contributed by atoms with Crippen molar-refractivity contribution in [3.63, 3.8) is 0 Å². The molecule has 1 aromatic heterocycles. The predicted molar refractivity (Wildman–Crippen MR) is 131 cm³/mol. The normalized spacial score (nSPS) is 11.2. The third kappa shape index (κ3) is 6.18. The molecule has 0 unspecified atom stereocenters. The number of nitrogens with zero attached hydrogens (tertiary/aromatic N) is 2. The Morgan fingerprint density at radius 2 is 1.61 bits per heavy atom. The Morgan fingerprint density at radius 3 is 2.19 bits per heavy atom. The van der Waals surface area contributed by atoms with E-state index in [0.29, 0.717) is 23.5 Å². The van der Waals surface area contributed by atoms with E-state index < -0.39 is 16.7 Å². The highest BCUT2D eigenvalue weighted by molar-refractivity contribution is 5.66. The monoisotopic (exact) mass is 493 g/mol. The molecule has 0 bridgehead atoms. The van der Waals surface area contributed by atoms with Gasteiger partial charge in [-0.3, -0.25) is 15.1 Å². The van der Waals surface area contributed by atoms with Gasteiger partial charge in [-0.2, -0.15) is 13.2 Å². The number of hydrogen-bond acceptors (Lipinski definition) is 5. The summed E-state index contributed by atoms with van der Waals surface area (Å²) in [5.74, 6) is 0.461. The lowest BCUT2D eigenvalue weighted by molar-refractivity contribution is -0.384. The summed E-state index contributed by atoms with van der Waals surface area (Å²) in [6, 6.07) is 20.4. The van der Waals surface area contributed by atoms with Crippen LogP contribution in [0.15, 0.2) is 85.1 Å². The standard InChI is InChI=1S/C27H22F3N3O3/c1-18-2-11-23(31-15-18)17-36-24-12-13-26(33(34)35)25(14-24)32-16-19-3-5-20(6-4-19)21-7-9-22(10-8-21)27(28,29)30/h2-15,32H,16-17H2,1H3. The van der Waals surface area contributed by atoms with Gasteiger partial charge in [-0.1, -0.05) is 42.5 Å². The molecule has 6 nitrogen and oxygen atoms in total. The zero-order valence-electron chi connectivity index (χ0n) is 19.3. The number of hydrogen-bond donors (Lipinski definition) is 1. The first-order chi connectivity index (χ1) is 17.2. The van der Waals surface area contributed by atoms with Crippen LogP contribution in [-0.2, 0) is 19.3 Å². The molecule has 0 aliphatic rings. The van der Waals surface area contributed by atoms with Crippen molar-refractivity contribution in [2.24, 2.45) is 0 Å². The minimum absolute atomic E-state index is 0.0859. The largest absolute Gasteiger partial charge is 0.487 e. The lowest BCUT2D eigenvalue weighted by Crippen LogP contribution is -2.04. The number of pyridine rings is 1. The third-order valence-corrected chi connectivity index (χ3v) is 5.51. The van der Waals surface area contributed by atoms with Gasteiger partial charge >= 0.3 is 6.18 Å². The van der Waals surface area contributed by atoms with Crippen LogP contribution in [0.4, 0.5) is 24.5 Å². The van der Waals surface area contributed by atoms with Gasteiger partial charge in [0.2, 0.25) is 0 Å². The van der Waals surface area contributed by atoms with E-state index in [4.69, 9.17) is 4.74 Å². The summed E-state index contributed by atoms with van der Waals surface area (Å²) in [7, 11) is 0. The molecule has 4 aromatic rings. The van der Waals surface area contributed by atoms with E-state index in [0.717, 1.165) is 34.5 Å². The Bertz CT molecular complexity index is 1340. The van der Waals surface area contributed by atoms with Gasteiger partial charge in [-0.05, 0) is 53.4 Å². The van der Waals surface area contributed by atoms with E-state index in [1.165, 1.54) is 24.3 Å². The Kier molecular flexibility index (Phi) is 7.19. The van der Waals surface area contributed by atoms with Crippen molar-refractivity contribution in [3.05, 3.63) is 118 Å². The molecule has 184 valence electrons. The number of anilines is 1. The van der Waals surface area contributed by atoms with Gasteiger partial charge in [-0.25, -0.2) is 0 Å². The third-order valence-electron chi connectivity index (χ3n) is 5.51. The van der Waals surface area contributed by atoms with E-state index in [9.17, 15) is 23.3 Å². The van der Waals surface area contributed by atoms with Gasteiger partial charge < -0.3 is 10.1 Å². The molecule has 0 atom stereocenters. The number of benzene rings is 3. The molecule has 0 fully saturated rings. The van der Waals surface area contributed by atoms with E-state index in [-0.39, 0.29) is 12.3 Å². The van der Waals surface area contributed by atoms with E-state index in [1.807, 2.05) is 31.2 Å². The number of nitro benzene ring substituents is 1. The minimum atomic E-state index is -4.38. The number of aryl methyl sites for hydroxylation is 1. The fourth-order valence-corrected chi connectivity index (χ4v) is 3.51. The van der Waals surface area contributed by atoms with Gasteiger partial charge in [0.15, 0.2) is 0 Å². The van der Waals surface area contributed by atoms with E-state index >= 15 is 0 Å². The highest BCUT2D eigenvalue weighted by Gasteiger charge is 2.29. The van der Waals surface area contributed by atoms with Gasteiger partial charge in [0.25, 0.3) is 5.69 Å². The van der Waals surface area contributed by atoms with E-state index in [1.54, 1.807) is 24.4 Å². The maximum Gasteiger partial charge on any atom is 0.416 e. The van der Waals surface area contributed by atoms with Crippen LogP contribution in [0, 0.1) is 17.0 Å². The summed E-state index contributed by atoms with van der Waals surface area (Å²) in [6.45, 7) is 2.47. The molecular formula is C27H22F3N3O3. The fraction of sp³-hybridized carbons (Fsp3) is 0.148. The number of aromatic nitrogens is 1. The molecule has 4 rings (SSSR count). The summed E-state index contributed by atoms with van der Waals surface area (Å²) < 4.78 is 44.1. The molecule has 9 heteroatoms. The SMILES string of the molecule is Cc1ccc(COc2ccc([N+](=O)[O-])c(NCc3ccc(-c4ccc(C(F)(F)F)cc4)cc3)c2)nc1. The molecule has 0 spiro atoms. The maximum atomic E-state index is 12.8. The molecule has 36 heavy (non-hydrogen) atoms. The first-order valence-corrected chi connectivity index (χ1v) is 11.0.